The molecular formula is C30H37N3OS. The molecule has 1 aromatic heterocycles. The Labute approximate surface area is 214 Å². The van der Waals surface area contributed by atoms with E-state index in [0.29, 0.717) is 12.6 Å². The maximum atomic E-state index is 5.91. The Bertz CT molecular complexity index is 1160. The van der Waals surface area contributed by atoms with E-state index in [2.05, 4.69) is 65.3 Å². The van der Waals surface area contributed by atoms with Crippen LogP contribution in [0.25, 0.3) is 10.8 Å². The summed E-state index contributed by atoms with van der Waals surface area (Å²) in [5.41, 5.74) is 4.95. The summed E-state index contributed by atoms with van der Waals surface area (Å²) < 4.78 is 5.91. The van der Waals surface area contributed by atoms with Gasteiger partial charge in [-0.05, 0) is 54.0 Å². The lowest BCUT2D eigenvalue weighted by atomic mass is 9.93. The first kappa shape index (κ1) is 24.3. The number of hydrogen-bond donors (Lipinski definition) is 0. The number of aromatic nitrogens is 1. The average molecular weight is 488 g/mol. The van der Waals surface area contributed by atoms with Gasteiger partial charge in [-0.15, -0.1) is 0 Å². The number of amidine groups is 1. The molecule has 0 N–H and O–H groups in total. The molecule has 0 radical (unpaired) electrons. The first-order chi connectivity index (χ1) is 17.3. The van der Waals surface area contributed by atoms with Crippen molar-refractivity contribution < 1.29 is 4.74 Å². The van der Waals surface area contributed by atoms with Crippen LogP contribution in [-0.2, 0) is 24.3 Å². The number of rotatable bonds is 10. The molecular weight excluding hydrogens is 450 g/mol. The fraction of sp³-hybridized carbons (Fsp3) is 0.467. The molecule has 0 saturated carbocycles. The van der Waals surface area contributed by atoms with Crippen molar-refractivity contribution in [3.05, 3.63) is 71.5 Å². The Morgan fingerprint density at radius 1 is 1.00 bits per heavy atom. The van der Waals surface area contributed by atoms with Crippen LogP contribution in [0.5, 0.6) is 0 Å². The van der Waals surface area contributed by atoms with Crippen LogP contribution in [0.4, 0.5) is 5.69 Å². The van der Waals surface area contributed by atoms with Crippen LogP contribution in [0, 0.1) is 0 Å². The summed E-state index contributed by atoms with van der Waals surface area (Å²) in [6, 6.07) is 18.0. The Kier molecular flexibility index (Phi) is 8.37. The normalized spacial score (nSPS) is 18.6. The second kappa shape index (κ2) is 12.0. The highest BCUT2D eigenvalue weighted by molar-refractivity contribution is 8.13. The fourth-order valence-corrected chi connectivity index (χ4v) is 6.25. The van der Waals surface area contributed by atoms with E-state index in [9.17, 15) is 0 Å². The lowest BCUT2D eigenvalue weighted by Gasteiger charge is -2.41. The third-order valence-electron chi connectivity index (χ3n) is 7.16. The van der Waals surface area contributed by atoms with Gasteiger partial charge in [-0.25, -0.2) is 4.99 Å². The molecule has 184 valence electrons. The smallest absolute Gasteiger partial charge is 0.164 e. The minimum absolute atomic E-state index is 0.560. The van der Waals surface area contributed by atoms with E-state index in [0.717, 1.165) is 53.7 Å². The van der Waals surface area contributed by atoms with E-state index in [4.69, 9.17) is 9.73 Å². The summed E-state index contributed by atoms with van der Waals surface area (Å²) >= 11 is 1.89. The van der Waals surface area contributed by atoms with Gasteiger partial charge in [0.2, 0.25) is 0 Å². The summed E-state index contributed by atoms with van der Waals surface area (Å²) in [6.07, 6.45) is 12.0. The highest BCUT2D eigenvalue weighted by atomic mass is 32.2. The van der Waals surface area contributed by atoms with E-state index in [1.807, 2.05) is 18.0 Å². The third kappa shape index (κ3) is 6.25. The molecule has 0 aliphatic carbocycles. The molecule has 5 heteroatoms. The van der Waals surface area contributed by atoms with Crippen molar-refractivity contribution in [2.24, 2.45) is 4.99 Å². The Balaban J connectivity index is 1.23. The van der Waals surface area contributed by atoms with Crippen molar-refractivity contribution >= 4 is 33.4 Å². The summed E-state index contributed by atoms with van der Waals surface area (Å²) in [5.74, 6) is 1.14. The zero-order chi connectivity index (χ0) is 23.9. The number of thioether (sulfide) groups is 1. The number of nitrogens with zero attached hydrogens (tertiary/aromatic N) is 3. The maximum absolute atomic E-state index is 5.91. The lowest BCUT2D eigenvalue weighted by Crippen LogP contribution is -2.46. The minimum Gasteiger partial charge on any atom is -0.375 e. The van der Waals surface area contributed by atoms with E-state index in [1.54, 1.807) is 0 Å². The molecule has 0 amide bonds. The molecule has 3 heterocycles. The van der Waals surface area contributed by atoms with Crippen molar-refractivity contribution in [2.45, 2.75) is 77.5 Å². The Morgan fingerprint density at radius 3 is 2.77 bits per heavy atom. The number of pyridine rings is 1. The zero-order valence-corrected chi connectivity index (χ0v) is 21.7. The number of hydrogen-bond acceptors (Lipinski definition) is 4. The minimum atomic E-state index is 0.560. The lowest BCUT2D eigenvalue weighted by molar-refractivity contribution is 0.114. The molecule has 3 aromatic rings. The molecule has 0 bridgehead atoms. The van der Waals surface area contributed by atoms with Crippen molar-refractivity contribution in [1.82, 2.24) is 9.88 Å². The van der Waals surface area contributed by atoms with Gasteiger partial charge < -0.3 is 9.64 Å². The van der Waals surface area contributed by atoms with Gasteiger partial charge >= 0.3 is 0 Å². The number of ether oxygens (including phenoxy) is 1. The molecule has 2 aliphatic rings. The summed E-state index contributed by atoms with van der Waals surface area (Å²) in [7, 11) is 0. The number of benzene rings is 2. The predicted molar refractivity (Wildman–Crippen MR) is 148 cm³/mol. The third-order valence-corrected chi connectivity index (χ3v) is 8.19. The summed E-state index contributed by atoms with van der Waals surface area (Å²) in [5, 5.41) is 3.49. The van der Waals surface area contributed by atoms with Crippen LogP contribution in [0.2, 0.25) is 0 Å². The van der Waals surface area contributed by atoms with Gasteiger partial charge in [-0.3, -0.25) is 4.98 Å². The second-order valence-corrected chi connectivity index (χ2v) is 10.9. The van der Waals surface area contributed by atoms with Crippen LogP contribution < -0.4 is 0 Å². The maximum Gasteiger partial charge on any atom is 0.164 e. The van der Waals surface area contributed by atoms with E-state index >= 15 is 0 Å². The van der Waals surface area contributed by atoms with Crippen LogP contribution in [-0.4, -0.2) is 33.5 Å². The molecule has 4 nitrogen and oxygen atoms in total. The van der Waals surface area contributed by atoms with Gasteiger partial charge in [0.15, 0.2) is 5.17 Å². The van der Waals surface area contributed by atoms with Gasteiger partial charge in [0.05, 0.1) is 18.0 Å². The molecule has 2 aliphatic heterocycles. The monoisotopic (exact) mass is 487 g/mol. The van der Waals surface area contributed by atoms with Crippen molar-refractivity contribution in [3.8, 4) is 0 Å². The Hall–Kier alpha value is -2.37. The Morgan fingerprint density at radius 2 is 1.86 bits per heavy atom. The summed E-state index contributed by atoms with van der Waals surface area (Å²) in [6.45, 7) is 4.61. The van der Waals surface area contributed by atoms with Crippen LogP contribution >= 0.6 is 11.8 Å². The number of fused-ring (bicyclic) bond motifs is 3. The van der Waals surface area contributed by atoms with Crippen molar-refractivity contribution in [1.29, 1.82) is 0 Å². The highest BCUT2D eigenvalue weighted by Gasteiger charge is 2.31. The first-order valence-electron chi connectivity index (χ1n) is 13.3. The van der Waals surface area contributed by atoms with E-state index < -0.39 is 0 Å². The van der Waals surface area contributed by atoms with Gasteiger partial charge in [0.1, 0.15) is 0 Å². The molecule has 1 atom stereocenters. The van der Waals surface area contributed by atoms with Crippen LogP contribution in [0.3, 0.4) is 0 Å². The molecule has 0 spiro atoms. The number of unbranched alkanes of at least 4 members (excludes halogenated alkanes) is 5. The fourth-order valence-electron chi connectivity index (χ4n) is 5.13. The molecule has 1 saturated heterocycles. The van der Waals surface area contributed by atoms with Crippen molar-refractivity contribution in [2.75, 3.05) is 12.4 Å². The van der Waals surface area contributed by atoms with Crippen LogP contribution in [0.1, 0.15) is 68.7 Å². The van der Waals surface area contributed by atoms with E-state index in [1.165, 1.54) is 55.0 Å². The topological polar surface area (TPSA) is 37.7 Å². The average Bonchev–Trinajstić information content (AvgIpc) is 2.89. The predicted octanol–water partition coefficient (Wildman–Crippen LogP) is 7.66. The van der Waals surface area contributed by atoms with Gasteiger partial charge in [-0.2, -0.15) is 0 Å². The second-order valence-electron chi connectivity index (χ2n) is 9.81. The number of aliphatic imine (C=N–C) groups is 1. The molecule has 1 unspecified atom stereocenters. The van der Waals surface area contributed by atoms with Gasteiger partial charge in [-0.1, -0.05) is 81.1 Å². The highest BCUT2D eigenvalue weighted by Crippen LogP contribution is 2.34. The van der Waals surface area contributed by atoms with Crippen molar-refractivity contribution in [3.63, 3.8) is 0 Å². The molecule has 35 heavy (non-hydrogen) atoms. The SMILES string of the molecule is CCCCCCCCOCc1cc2cc(N=C3SCCC4Cc5ccccc5CN34)ccc2cn1. The molecule has 5 rings (SSSR count). The van der Waals surface area contributed by atoms with Gasteiger partial charge in [0, 0.05) is 36.5 Å². The molecule has 2 aromatic carbocycles. The quantitative estimate of drug-likeness (QED) is 0.275. The van der Waals surface area contributed by atoms with E-state index in [-0.39, 0.29) is 0 Å². The van der Waals surface area contributed by atoms with Gasteiger partial charge in [0.25, 0.3) is 0 Å². The summed E-state index contributed by atoms with van der Waals surface area (Å²) in [4.78, 5) is 12.3. The molecule has 1 fully saturated rings. The zero-order valence-electron chi connectivity index (χ0n) is 20.9. The first-order valence-corrected chi connectivity index (χ1v) is 14.3. The largest absolute Gasteiger partial charge is 0.375 e. The standard InChI is InChI=1S/C30H37N3OS/c1-2-3-4-5-6-9-15-34-22-28-18-26-17-27(13-12-24(26)20-31-28)32-30-33-21-25-11-8-7-10-23(25)19-29(33)14-16-35-30/h7-8,10-13,17-18,20,29H,2-6,9,14-16,19,21-22H2,1H3. The van der Waals surface area contributed by atoms with Crippen LogP contribution in [0.15, 0.2) is 59.7 Å².